The maximum absolute atomic E-state index is 9.79. The van der Waals surface area contributed by atoms with E-state index in [1.807, 2.05) is 6.08 Å². The van der Waals surface area contributed by atoms with Crippen molar-refractivity contribution < 1.29 is 20.1 Å². The van der Waals surface area contributed by atoms with Crippen molar-refractivity contribution in [1.82, 2.24) is 0 Å². The third kappa shape index (κ3) is 5.92. The Morgan fingerprint density at radius 1 is 0.850 bits per heavy atom. The Balaban J connectivity index is 1.98. The molecule has 0 unspecified atom stereocenters. The topological polar surface area (TPSA) is 69.9 Å². The first-order chi connectivity index (χ1) is 9.70. The van der Waals surface area contributed by atoms with Crippen molar-refractivity contribution in [3.05, 3.63) is 12.7 Å². The van der Waals surface area contributed by atoms with Crippen LogP contribution in [0.4, 0.5) is 0 Å². The van der Waals surface area contributed by atoms with Crippen molar-refractivity contribution in [1.29, 1.82) is 0 Å². The van der Waals surface area contributed by atoms with E-state index in [4.69, 9.17) is 9.84 Å². The van der Waals surface area contributed by atoms with E-state index < -0.39 is 18.3 Å². The van der Waals surface area contributed by atoms with E-state index in [0.717, 1.165) is 25.7 Å². The summed E-state index contributed by atoms with van der Waals surface area (Å²) in [6.07, 6.45) is 9.49. The molecule has 20 heavy (non-hydrogen) atoms. The molecule has 118 valence electrons. The highest BCUT2D eigenvalue weighted by atomic mass is 16.6. The molecule has 4 heteroatoms. The average molecular weight is 286 g/mol. The summed E-state index contributed by atoms with van der Waals surface area (Å²) >= 11 is 0. The molecule has 0 radical (unpaired) electrons. The summed E-state index contributed by atoms with van der Waals surface area (Å²) in [5.74, 6) is 0. The minimum Gasteiger partial charge on any atom is -0.394 e. The summed E-state index contributed by atoms with van der Waals surface area (Å²) in [7, 11) is 0. The summed E-state index contributed by atoms with van der Waals surface area (Å²) in [4.78, 5) is 0. The number of hydrogen-bond acceptors (Lipinski definition) is 4. The lowest BCUT2D eigenvalue weighted by atomic mass is 10.0. The summed E-state index contributed by atoms with van der Waals surface area (Å²) < 4.78 is 5.45. The van der Waals surface area contributed by atoms with Gasteiger partial charge in [0.15, 0.2) is 0 Å². The van der Waals surface area contributed by atoms with E-state index in [1.54, 1.807) is 0 Å². The fourth-order valence-electron chi connectivity index (χ4n) is 2.73. The standard InChI is InChI=1S/C16H30O4/c1-2-3-4-5-6-7-8-9-10-11-13-15(18)16(19)14(12-17)20-13/h2,13-19H,1,3-12H2/t13-,14-,15-,16-/m1/s1. The molecule has 1 aliphatic heterocycles. The van der Waals surface area contributed by atoms with Crippen LogP contribution in [0.15, 0.2) is 12.7 Å². The third-order valence-corrected chi connectivity index (χ3v) is 4.04. The van der Waals surface area contributed by atoms with Gasteiger partial charge in [0.25, 0.3) is 0 Å². The minimum absolute atomic E-state index is 0.237. The van der Waals surface area contributed by atoms with Gasteiger partial charge >= 0.3 is 0 Å². The second-order valence-corrected chi connectivity index (χ2v) is 5.72. The van der Waals surface area contributed by atoms with Gasteiger partial charge in [0.05, 0.1) is 12.7 Å². The Hall–Kier alpha value is -0.420. The molecule has 3 N–H and O–H groups in total. The fraction of sp³-hybridized carbons (Fsp3) is 0.875. The molecule has 0 saturated carbocycles. The van der Waals surface area contributed by atoms with Crippen molar-refractivity contribution in [3.8, 4) is 0 Å². The molecule has 0 aromatic carbocycles. The van der Waals surface area contributed by atoms with Crippen molar-refractivity contribution in [3.63, 3.8) is 0 Å². The SMILES string of the molecule is C=CCCCCCCCCC[C@H]1O[C@H](CO)[C@@H](O)[C@@H]1O. The predicted molar refractivity (Wildman–Crippen MR) is 79.5 cm³/mol. The number of aliphatic hydroxyl groups is 3. The predicted octanol–water partition coefficient (Wildman–Crippen LogP) is 2.16. The van der Waals surface area contributed by atoms with Gasteiger partial charge in [-0.05, 0) is 19.3 Å². The second kappa shape index (κ2) is 10.3. The lowest BCUT2D eigenvalue weighted by Crippen LogP contribution is -2.33. The molecule has 0 aliphatic carbocycles. The quantitative estimate of drug-likeness (QED) is 0.402. The molecule has 1 rings (SSSR count). The number of aliphatic hydroxyl groups excluding tert-OH is 3. The molecular formula is C16H30O4. The van der Waals surface area contributed by atoms with Crippen LogP contribution in [0.1, 0.15) is 57.8 Å². The molecule has 1 heterocycles. The maximum atomic E-state index is 9.79. The first-order valence-corrected chi connectivity index (χ1v) is 7.94. The summed E-state index contributed by atoms with van der Waals surface area (Å²) in [5.41, 5.74) is 0. The van der Waals surface area contributed by atoms with Crippen LogP contribution >= 0.6 is 0 Å². The molecule has 4 atom stereocenters. The fourth-order valence-corrected chi connectivity index (χ4v) is 2.73. The second-order valence-electron chi connectivity index (χ2n) is 5.72. The summed E-state index contributed by atoms with van der Waals surface area (Å²) in [5, 5.41) is 28.4. The van der Waals surface area contributed by atoms with E-state index in [1.165, 1.54) is 32.1 Å². The largest absolute Gasteiger partial charge is 0.394 e. The van der Waals surface area contributed by atoms with Gasteiger partial charge in [-0.15, -0.1) is 6.58 Å². The van der Waals surface area contributed by atoms with Crippen LogP contribution in [0.25, 0.3) is 0 Å². The first kappa shape index (κ1) is 17.6. The zero-order valence-corrected chi connectivity index (χ0v) is 12.4. The summed E-state index contributed by atoms with van der Waals surface area (Å²) in [6, 6.07) is 0. The highest BCUT2D eigenvalue weighted by Gasteiger charge is 2.41. The van der Waals surface area contributed by atoms with Crippen LogP contribution in [0.3, 0.4) is 0 Å². The van der Waals surface area contributed by atoms with Gasteiger partial charge in [0.2, 0.25) is 0 Å². The van der Waals surface area contributed by atoms with Gasteiger partial charge in [-0.3, -0.25) is 0 Å². The lowest BCUT2D eigenvalue weighted by Gasteiger charge is -2.14. The normalized spacial score (nSPS) is 29.8. The molecule has 1 fully saturated rings. The van der Waals surface area contributed by atoms with E-state index in [9.17, 15) is 10.2 Å². The van der Waals surface area contributed by atoms with Crippen molar-refractivity contribution >= 4 is 0 Å². The number of allylic oxidation sites excluding steroid dienone is 1. The van der Waals surface area contributed by atoms with Crippen molar-refractivity contribution in [2.45, 2.75) is 82.2 Å². The molecular weight excluding hydrogens is 256 g/mol. The van der Waals surface area contributed by atoms with E-state index in [-0.39, 0.29) is 12.7 Å². The van der Waals surface area contributed by atoms with Crippen LogP contribution in [0.2, 0.25) is 0 Å². The van der Waals surface area contributed by atoms with Crippen LogP contribution in [0, 0.1) is 0 Å². The van der Waals surface area contributed by atoms with Gasteiger partial charge < -0.3 is 20.1 Å². The van der Waals surface area contributed by atoms with E-state index >= 15 is 0 Å². The van der Waals surface area contributed by atoms with Gasteiger partial charge in [-0.2, -0.15) is 0 Å². The highest BCUT2D eigenvalue weighted by molar-refractivity contribution is 4.90. The van der Waals surface area contributed by atoms with Crippen LogP contribution in [-0.4, -0.2) is 46.3 Å². The maximum Gasteiger partial charge on any atom is 0.111 e. The van der Waals surface area contributed by atoms with Crippen molar-refractivity contribution in [2.75, 3.05) is 6.61 Å². The Kier molecular flexibility index (Phi) is 9.10. The minimum atomic E-state index is -0.949. The van der Waals surface area contributed by atoms with E-state index in [2.05, 4.69) is 6.58 Å². The molecule has 0 aromatic rings. The monoisotopic (exact) mass is 286 g/mol. The van der Waals surface area contributed by atoms with Gasteiger partial charge in [-0.1, -0.05) is 44.6 Å². The Morgan fingerprint density at radius 3 is 1.95 bits per heavy atom. The third-order valence-electron chi connectivity index (χ3n) is 4.04. The average Bonchev–Trinajstić information content (AvgIpc) is 2.73. The Bertz CT molecular complexity index is 257. The molecule has 0 spiro atoms. The first-order valence-electron chi connectivity index (χ1n) is 7.94. The molecule has 1 saturated heterocycles. The zero-order chi connectivity index (χ0) is 14.8. The van der Waals surface area contributed by atoms with Crippen LogP contribution in [0.5, 0.6) is 0 Å². The van der Waals surface area contributed by atoms with Gasteiger partial charge in [-0.25, -0.2) is 0 Å². The molecule has 1 aliphatic rings. The summed E-state index contributed by atoms with van der Waals surface area (Å²) in [6.45, 7) is 3.48. The van der Waals surface area contributed by atoms with Crippen molar-refractivity contribution in [2.24, 2.45) is 0 Å². The number of hydrogen-bond donors (Lipinski definition) is 3. The number of unbranched alkanes of at least 4 members (excludes halogenated alkanes) is 7. The molecule has 0 amide bonds. The zero-order valence-electron chi connectivity index (χ0n) is 12.4. The Morgan fingerprint density at radius 2 is 1.40 bits per heavy atom. The van der Waals surface area contributed by atoms with Crippen LogP contribution in [-0.2, 0) is 4.74 Å². The highest BCUT2D eigenvalue weighted by Crippen LogP contribution is 2.25. The number of ether oxygens (including phenoxy) is 1. The van der Waals surface area contributed by atoms with Gasteiger partial charge in [0, 0.05) is 0 Å². The van der Waals surface area contributed by atoms with Gasteiger partial charge in [0.1, 0.15) is 18.3 Å². The Labute approximate surface area is 122 Å². The number of rotatable bonds is 11. The lowest BCUT2D eigenvalue weighted by molar-refractivity contribution is -0.0246. The molecule has 4 nitrogen and oxygen atoms in total. The van der Waals surface area contributed by atoms with Crippen LogP contribution < -0.4 is 0 Å². The smallest absolute Gasteiger partial charge is 0.111 e. The van der Waals surface area contributed by atoms with E-state index in [0.29, 0.717) is 0 Å². The molecule has 0 aromatic heterocycles. The molecule has 0 bridgehead atoms.